The second-order valence-corrected chi connectivity index (χ2v) is 6.90. The van der Waals surface area contributed by atoms with E-state index >= 15 is 0 Å². The van der Waals surface area contributed by atoms with Crippen LogP contribution in [-0.4, -0.2) is 24.0 Å². The van der Waals surface area contributed by atoms with Crippen molar-refractivity contribution < 1.29 is 9.59 Å². The third-order valence-corrected chi connectivity index (χ3v) is 5.86. The van der Waals surface area contributed by atoms with Crippen LogP contribution in [0.1, 0.15) is 47.0 Å². The number of rotatable bonds is 3. The van der Waals surface area contributed by atoms with Gasteiger partial charge < -0.3 is 16.4 Å². The van der Waals surface area contributed by atoms with Gasteiger partial charge in [0.25, 0.3) is 0 Å². The van der Waals surface area contributed by atoms with Gasteiger partial charge in [0.15, 0.2) is 0 Å². The van der Waals surface area contributed by atoms with Crippen LogP contribution < -0.4 is 16.4 Å². The Morgan fingerprint density at radius 1 is 1.32 bits per heavy atom. The Hall–Kier alpha value is -1.26. The summed E-state index contributed by atoms with van der Waals surface area (Å²) in [6.45, 7) is 8.54. The minimum Gasteiger partial charge on any atom is -0.352 e. The lowest BCUT2D eigenvalue weighted by Gasteiger charge is -2.39. The number of nitrogens with one attached hydrogen (secondary N) is 2. The van der Waals surface area contributed by atoms with E-state index in [4.69, 9.17) is 5.73 Å². The van der Waals surface area contributed by atoms with Crippen molar-refractivity contribution in [1.82, 2.24) is 10.6 Å². The highest BCUT2D eigenvalue weighted by Crippen LogP contribution is 2.65. The predicted octanol–water partition coefficient (Wildman–Crippen LogP) is 1.37. The number of primary amides is 1. The van der Waals surface area contributed by atoms with E-state index in [1.807, 2.05) is 0 Å². The van der Waals surface area contributed by atoms with Crippen LogP contribution in [0.25, 0.3) is 0 Å². The van der Waals surface area contributed by atoms with Gasteiger partial charge in [-0.1, -0.05) is 20.8 Å². The van der Waals surface area contributed by atoms with Crippen molar-refractivity contribution in [3.63, 3.8) is 0 Å². The molecule has 2 aliphatic rings. The average Bonchev–Trinajstić information content (AvgIpc) is 2.61. The highest BCUT2D eigenvalue weighted by Gasteiger charge is 2.61. The fourth-order valence-electron chi connectivity index (χ4n) is 4.00. The van der Waals surface area contributed by atoms with E-state index in [1.54, 1.807) is 6.92 Å². The zero-order valence-electron chi connectivity index (χ0n) is 12.2. The van der Waals surface area contributed by atoms with E-state index in [0.717, 1.165) is 12.8 Å². The fraction of sp³-hybridized carbons (Fsp3) is 0.857. The SMILES string of the molecule is CC(NC(N)=O)C(=O)NC1CC2CCC1(C)C2(C)C. The molecule has 4 atom stereocenters. The van der Waals surface area contributed by atoms with Crippen molar-refractivity contribution in [3.05, 3.63) is 0 Å². The Bertz CT molecular complexity index is 407. The first-order valence-electron chi connectivity index (χ1n) is 7.05. The standard InChI is InChI=1S/C14H25N3O2/c1-8(16-12(15)19)11(18)17-10-7-9-5-6-14(10,4)13(9,2)3/h8-10H,5-7H2,1-4H3,(H,17,18)(H3,15,16,19). The molecule has 0 aliphatic heterocycles. The van der Waals surface area contributed by atoms with Gasteiger partial charge in [0.2, 0.25) is 5.91 Å². The number of amides is 3. The summed E-state index contributed by atoms with van der Waals surface area (Å²) in [4.78, 5) is 22.9. The molecule has 4 N–H and O–H groups in total. The monoisotopic (exact) mass is 267 g/mol. The van der Waals surface area contributed by atoms with Crippen molar-refractivity contribution in [2.45, 2.75) is 59.0 Å². The summed E-state index contributed by atoms with van der Waals surface area (Å²) in [6.07, 6.45) is 3.46. The van der Waals surface area contributed by atoms with Gasteiger partial charge in [0.05, 0.1) is 0 Å². The minimum absolute atomic E-state index is 0.145. The molecule has 19 heavy (non-hydrogen) atoms. The molecule has 2 aliphatic carbocycles. The highest BCUT2D eigenvalue weighted by atomic mass is 16.2. The molecule has 2 saturated carbocycles. The van der Waals surface area contributed by atoms with Gasteiger partial charge in [0, 0.05) is 6.04 Å². The number of urea groups is 1. The van der Waals surface area contributed by atoms with E-state index in [0.29, 0.717) is 5.92 Å². The van der Waals surface area contributed by atoms with Crippen LogP contribution in [0.15, 0.2) is 0 Å². The van der Waals surface area contributed by atoms with Gasteiger partial charge in [-0.25, -0.2) is 4.79 Å². The van der Waals surface area contributed by atoms with E-state index in [1.165, 1.54) is 6.42 Å². The van der Waals surface area contributed by atoms with E-state index in [-0.39, 0.29) is 22.8 Å². The summed E-state index contributed by atoms with van der Waals surface area (Å²) in [5.74, 6) is 0.538. The molecule has 108 valence electrons. The van der Waals surface area contributed by atoms with Crippen molar-refractivity contribution in [3.8, 4) is 0 Å². The smallest absolute Gasteiger partial charge is 0.312 e. The van der Waals surface area contributed by atoms with Gasteiger partial charge in [-0.3, -0.25) is 4.79 Å². The van der Waals surface area contributed by atoms with E-state index in [9.17, 15) is 9.59 Å². The zero-order valence-corrected chi connectivity index (χ0v) is 12.2. The summed E-state index contributed by atoms with van der Waals surface area (Å²) in [6, 6.07) is -1.05. The lowest BCUT2D eigenvalue weighted by Crippen LogP contribution is -2.53. The van der Waals surface area contributed by atoms with Crippen molar-refractivity contribution in [1.29, 1.82) is 0 Å². The zero-order chi connectivity index (χ0) is 14.4. The maximum absolute atomic E-state index is 12.1. The minimum atomic E-state index is -0.665. The Morgan fingerprint density at radius 2 is 1.95 bits per heavy atom. The van der Waals surface area contributed by atoms with Crippen LogP contribution in [0, 0.1) is 16.7 Å². The number of carbonyl (C=O) groups is 2. The number of fused-ring (bicyclic) bond motifs is 2. The molecule has 2 rings (SSSR count). The fourth-order valence-corrected chi connectivity index (χ4v) is 4.00. The second kappa shape index (κ2) is 4.39. The van der Waals surface area contributed by atoms with Crippen LogP contribution in [0.5, 0.6) is 0 Å². The maximum Gasteiger partial charge on any atom is 0.312 e. The second-order valence-electron chi connectivity index (χ2n) is 6.90. The quantitative estimate of drug-likeness (QED) is 0.721. The Morgan fingerprint density at radius 3 is 2.37 bits per heavy atom. The molecule has 0 aromatic heterocycles. The van der Waals surface area contributed by atoms with Gasteiger partial charge in [0.1, 0.15) is 6.04 Å². The molecule has 0 radical (unpaired) electrons. The topological polar surface area (TPSA) is 84.2 Å². The average molecular weight is 267 g/mol. The molecule has 0 saturated heterocycles. The van der Waals surface area contributed by atoms with Gasteiger partial charge in [-0.15, -0.1) is 0 Å². The molecule has 0 spiro atoms. The van der Waals surface area contributed by atoms with Gasteiger partial charge in [-0.2, -0.15) is 0 Å². The molecular formula is C14H25N3O2. The Balaban J connectivity index is 2.02. The predicted molar refractivity (Wildman–Crippen MR) is 73.3 cm³/mol. The van der Waals surface area contributed by atoms with Crippen molar-refractivity contribution in [2.75, 3.05) is 0 Å². The molecule has 2 fully saturated rings. The van der Waals surface area contributed by atoms with Crippen LogP contribution in [0.2, 0.25) is 0 Å². The molecular weight excluding hydrogens is 242 g/mol. The van der Waals surface area contributed by atoms with Gasteiger partial charge in [-0.05, 0) is 42.9 Å². The van der Waals surface area contributed by atoms with Crippen molar-refractivity contribution in [2.24, 2.45) is 22.5 Å². The molecule has 0 heterocycles. The van der Waals surface area contributed by atoms with Crippen LogP contribution in [-0.2, 0) is 4.79 Å². The summed E-state index contributed by atoms with van der Waals surface area (Å²) in [5, 5.41) is 5.52. The molecule has 2 bridgehead atoms. The molecule has 5 nitrogen and oxygen atoms in total. The van der Waals surface area contributed by atoms with Gasteiger partial charge >= 0.3 is 6.03 Å². The molecule has 0 aromatic carbocycles. The molecule has 5 heteroatoms. The molecule has 3 amide bonds. The first-order chi connectivity index (χ1) is 8.68. The summed E-state index contributed by atoms with van der Waals surface area (Å²) in [5.41, 5.74) is 5.46. The third kappa shape index (κ3) is 2.09. The summed E-state index contributed by atoms with van der Waals surface area (Å²) in [7, 11) is 0. The highest BCUT2D eigenvalue weighted by molar-refractivity contribution is 5.86. The lowest BCUT2D eigenvalue weighted by molar-refractivity contribution is -0.124. The van der Waals surface area contributed by atoms with Crippen molar-refractivity contribution >= 4 is 11.9 Å². The number of nitrogens with two attached hydrogens (primary N) is 1. The van der Waals surface area contributed by atoms with Crippen LogP contribution in [0.4, 0.5) is 4.79 Å². The molecule has 0 aromatic rings. The largest absolute Gasteiger partial charge is 0.352 e. The lowest BCUT2D eigenvalue weighted by atomic mass is 9.69. The Labute approximate surface area is 114 Å². The summed E-state index contributed by atoms with van der Waals surface area (Å²) >= 11 is 0. The Kier molecular flexibility index (Phi) is 3.27. The normalized spacial score (nSPS) is 36.8. The first-order valence-corrected chi connectivity index (χ1v) is 7.05. The summed E-state index contributed by atoms with van der Waals surface area (Å²) < 4.78 is 0. The van der Waals surface area contributed by atoms with E-state index < -0.39 is 12.1 Å². The van der Waals surface area contributed by atoms with Crippen LogP contribution in [0.3, 0.4) is 0 Å². The number of hydrogen-bond acceptors (Lipinski definition) is 2. The number of hydrogen-bond donors (Lipinski definition) is 3. The van der Waals surface area contributed by atoms with E-state index in [2.05, 4.69) is 31.4 Å². The maximum atomic E-state index is 12.1. The van der Waals surface area contributed by atoms with Crippen LogP contribution >= 0.6 is 0 Å². The third-order valence-electron chi connectivity index (χ3n) is 5.86. The first kappa shape index (κ1) is 14.2. The number of carbonyl (C=O) groups excluding carboxylic acids is 2. The molecule has 4 unspecified atom stereocenters.